The fourth-order valence-electron chi connectivity index (χ4n) is 2.72. The van der Waals surface area contributed by atoms with Gasteiger partial charge in [0.05, 0.1) is 23.0 Å². The van der Waals surface area contributed by atoms with Crippen LogP contribution in [-0.4, -0.2) is 29.0 Å². The van der Waals surface area contributed by atoms with E-state index in [1.165, 1.54) is 19.3 Å². The van der Waals surface area contributed by atoms with Crippen LogP contribution in [0.1, 0.15) is 50.9 Å². The molecule has 0 spiro atoms. The molecule has 1 aromatic rings. The maximum absolute atomic E-state index is 6.36. The second kappa shape index (κ2) is 8.01. The van der Waals surface area contributed by atoms with E-state index in [4.69, 9.17) is 16.3 Å². The van der Waals surface area contributed by atoms with Crippen molar-refractivity contribution in [1.82, 2.24) is 15.1 Å². The maximum Gasteiger partial charge on any atom is 0.0900 e. The van der Waals surface area contributed by atoms with Crippen LogP contribution in [0.5, 0.6) is 0 Å². The Morgan fingerprint density at radius 2 is 2.25 bits per heavy atom. The molecule has 0 aliphatic carbocycles. The molecule has 2 heterocycles. The summed E-state index contributed by atoms with van der Waals surface area (Å²) in [6, 6.07) is 0.626. The number of hydrogen-bond donors (Lipinski definition) is 1. The lowest BCUT2D eigenvalue weighted by Gasteiger charge is -2.23. The highest BCUT2D eigenvalue weighted by Gasteiger charge is 2.15. The highest BCUT2D eigenvalue weighted by atomic mass is 35.5. The lowest BCUT2D eigenvalue weighted by molar-refractivity contribution is 0.103. The van der Waals surface area contributed by atoms with E-state index >= 15 is 0 Å². The Hall–Kier alpha value is -0.580. The normalized spacial score (nSPS) is 19.4. The van der Waals surface area contributed by atoms with Crippen LogP contribution in [0.2, 0.25) is 5.02 Å². The van der Waals surface area contributed by atoms with Gasteiger partial charge in [0.1, 0.15) is 0 Å². The summed E-state index contributed by atoms with van der Waals surface area (Å²) in [4.78, 5) is 0. The molecule has 2 rings (SSSR count). The predicted molar refractivity (Wildman–Crippen MR) is 82.2 cm³/mol. The first-order valence-electron chi connectivity index (χ1n) is 7.81. The lowest BCUT2D eigenvalue weighted by Crippen LogP contribution is -2.34. The third-order valence-electron chi connectivity index (χ3n) is 3.96. The number of piperidine rings is 1. The van der Waals surface area contributed by atoms with Gasteiger partial charge in [0.2, 0.25) is 0 Å². The summed E-state index contributed by atoms with van der Waals surface area (Å²) in [6.45, 7) is 7.49. The molecule has 20 heavy (non-hydrogen) atoms. The summed E-state index contributed by atoms with van der Waals surface area (Å²) in [7, 11) is 0. The van der Waals surface area contributed by atoms with Gasteiger partial charge in [0.15, 0.2) is 0 Å². The van der Waals surface area contributed by atoms with Crippen LogP contribution in [0.25, 0.3) is 0 Å². The van der Waals surface area contributed by atoms with E-state index in [1.54, 1.807) is 0 Å². The summed E-state index contributed by atoms with van der Waals surface area (Å²) in [5.41, 5.74) is 1.99. The summed E-state index contributed by atoms with van der Waals surface area (Å²) in [5.74, 6) is 0. The number of nitrogens with zero attached hydrogens (tertiary/aromatic N) is 2. The molecule has 0 saturated carbocycles. The largest absolute Gasteiger partial charge is 0.375 e. The maximum atomic E-state index is 6.36. The number of ether oxygens (including phenoxy) is 1. The van der Waals surface area contributed by atoms with Crippen molar-refractivity contribution in [3.8, 4) is 0 Å². The molecule has 1 N–H and O–H groups in total. The summed E-state index contributed by atoms with van der Waals surface area (Å²) < 4.78 is 7.78. The van der Waals surface area contributed by atoms with Gasteiger partial charge in [-0.15, -0.1) is 0 Å². The SMILES string of the molecule is CCc1nn(CC)c(COCCC2CCCCN2)c1Cl. The molecule has 5 heteroatoms. The van der Waals surface area contributed by atoms with Gasteiger partial charge in [0, 0.05) is 19.2 Å². The molecule has 0 bridgehead atoms. The highest BCUT2D eigenvalue weighted by Crippen LogP contribution is 2.22. The van der Waals surface area contributed by atoms with Gasteiger partial charge in [-0.1, -0.05) is 24.9 Å². The molecule has 0 aromatic carbocycles. The topological polar surface area (TPSA) is 39.1 Å². The highest BCUT2D eigenvalue weighted by molar-refractivity contribution is 6.31. The smallest absolute Gasteiger partial charge is 0.0900 e. The minimum atomic E-state index is 0.562. The van der Waals surface area contributed by atoms with Crippen LogP contribution in [0.3, 0.4) is 0 Å². The van der Waals surface area contributed by atoms with E-state index in [1.807, 2.05) is 4.68 Å². The molecule has 114 valence electrons. The number of aromatic nitrogens is 2. The first-order chi connectivity index (χ1) is 9.76. The van der Waals surface area contributed by atoms with Crippen molar-refractivity contribution in [2.24, 2.45) is 0 Å². The van der Waals surface area contributed by atoms with Crippen LogP contribution in [0, 0.1) is 0 Å². The minimum Gasteiger partial charge on any atom is -0.375 e. The Morgan fingerprint density at radius 1 is 1.40 bits per heavy atom. The van der Waals surface area contributed by atoms with Crippen LogP contribution in [0.15, 0.2) is 0 Å². The zero-order valence-electron chi connectivity index (χ0n) is 12.6. The van der Waals surface area contributed by atoms with E-state index in [0.29, 0.717) is 12.6 Å². The third kappa shape index (κ3) is 3.96. The zero-order chi connectivity index (χ0) is 14.4. The zero-order valence-corrected chi connectivity index (χ0v) is 13.4. The van der Waals surface area contributed by atoms with E-state index in [2.05, 4.69) is 24.3 Å². The summed E-state index contributed by atoms with van der Waals surface area (Å²) in [5, 5.41) is 8.83. The van der Waals surface area contributed by atoms with Crippen molar-refractivity contribution in [2.75, 3.05) is 13.2 Å². The minimum absolute atomic E-state index is 0.562. The summed E-state index contributed by atoms with van der Waals surface area (Å²) in [6.07, 6.45) is 5.87. The average molecular weight is 300 g/mol. The lowest BCUT2D eigenvalue weighted by atomic mass is 10.0. The molecular weight excluding hydrogens is 274 g/mol. The molecule has 1 atom stereocenters. The standard InChI is InChI=1S/C15H26ClN3O/c1-3-13-15(16)14(19(4-2)18-13)11-20-10-8-12-7-5-6-9-17-12/h12,17H,3-11H2,1-2H3. The third-order valence-corrected chi connectivity index (χ3v) is 4.39. The van der Waals surface area contributed by atoms with Crippen LogP contribution in [0.4, 0.5) is 0 Å². The van der Waals surface area contributed by atoms with E-state index in [-0.39, 0.29) is 0 Å². The molecule has 0 radical (unpaired) electrons. The molecule has 1 aliphatic heterocycles. The van der Waals surface area contributed by atoms with Crippen molar-refractivity contribution in [1.29, 1.82) is 0 Å². The summed E-state index contributed by atoms with van der Waals surface area (Å²) >= 11 is 6.36. The molecular formula is C15H26ClN3O. The van der Waals surface area contributed by atoms with Gasteiger partial charge in [-0.3, -0.25) is 4.68 Å². The van der Waals surface area contributed by atoms with E-state index in [0.717, 1.165) is 48.9 Å². The Morgan fingerprint density at radius 3 is 2.90 bits per heavy atom. The van der Waals surface area contributed by atoms with Crippen molar-refractivity contribution in [3.05, 3.63) is 16.4 Å². The molecule has 1 aromatic heterocycles. The number of hydrogen-bond acceptors (Lipinski definition) is 3. The number of aryl methyl sites for hydroxylation is 2. The van der Waals surface area contributed by atoms with Crippen molar-refractivity contribution >= 4 is 11.6 Å². The van der Waals surface area contributed by atoms with Gasteiger partial charge in [-0.25, -0.2) is 0 Å². The van der Waals surface area contributed by atoms with E-state index in [9.17, 15) is 0 Å². The quantitative estimate of drug-likeness (QED) is 0.786. The van der Waals surface area contributed by atoms with Crippen LogP contribution >= 0.6 is 11.6 Å². The monoisotopic (exact) mass is 299 g/mol. The van der Waals surface area contributed by atoms with Crippen molar-refractivity contribution in [3.63, 3.8) is 0 Å². The van der Waals surface area contributed by atoms with Gasteiger partial charge >= 0.3 is 0 Å². The Balaban J connectivity index is 1.79. The molecule has 0 amide bonds. The Bertz CT molecular complexity index is 413. The average Bonchev–Trinajstić information content (AvgIpc) is 2.80. The fraction of sp³-hybridized carbons (Fsp3) is 0.800. The van der Waals surface area contributed by atoms with Crippen molar-refractivity contribution < 1.29 is 4.74 Å². The van der Waals surface area contributed by atoms with Gasteiger partial charge in [0.25, 0.3) is 0 Å². The first kappa shape index (κ1) is 15.8. The molecule has 1 aliphatic rings. The van der Waals surface area contributed by atoms with E-state index < -0.39 is 0 Å². The molecule has 1 unspecified atom stereocenters. The van der Waals surface area contributed by atoms with Crippen LogP contribution < -0.4 is 5.32 Å². The molecule has 1 saturated heterocycles. The molecule has 1 fully saturated rings. The van der Waals surface area contributed by atoms with Gasteiger partial charge in [-0.05, 0) is 39.2 Å². The first-order valence-corrected chi connectivity index (χ1v) is 8.19. The number of rotatable bonds is 7. The Labute approximate surface area is 126 Å². The number of nitrogens with one attached hydrogen (secondary N) is 1. The van der Waals surface area contributed by atoms with Gasteiger partial charge in [-0.2, -0.15) is 5.10 Å². The number of halogens is 1. The van der Waals surface area contributed by atoms with Gasteiger partial charge < -0.3 is 10.1 Å². The Kier molecular flexibility index (Phi) is 6.33. The second-order valence-corrected chi connectivity index (χ2v) is 5.74. The second-order valence-electron chi connectivity index (χ2n) is 5.36. The molecule has 4 nitrogen and oxygen atoms in total. The fourth-order valence-corrected chi connectivity index (χ4v) is 3.04. The van der Waals surface area contributed by atoms with Crippen LogP contribution in [-0.2, 0) is 24.3 Å². The van der Waals surface area contributed by atoms with Crippen molar-refractivity contribution in [2.45, 2.75) is 65.1 Å². The predicted octanol–water partition coefficient (Wildman–Crippen LogP) is 3.17.